The predicted octanol–water partition coefficient (Wildman–Crippen LogP) is -0.105. The van der Waals surface area contributed by atoms with Crippen LogP contribution in [0.25, 0.3) is 0 Å². The third-order valence-electron chi connectivity index (χ3n) is 1.06. The minimum atomic E-state index is -0.899. The summed E-state index contributed by atoms with van der Waals surface area (Å²) in [5.41, 5.74) is 7.25. The third kappa shape index (κ3) is 6.53. The summed E-state index contributed by atoms with van der Waals surface area (Å²) in [4.78, 5) is 20.2. The highest BCUT2D eigenvalue weighted by Crippen LogP contribution is 1.91. The average Bonchev–Trinajstić information content (AvgIpc) is 1.96. The van der Waals surface area contributed by atoms with Gasteiger partial charge in [-0.2, -0.15) is 5.10 Å². The number of urea groups is 1. The number of amides is 2. The maximum absolute atomic E-state index is 10.1. The number of nitrogens with two attached hydrogens (primary N) is 1. The molecule has 0 aliphatic heterocycles. The lowest BCUT2D eigenvalue weighted by atomic mass is 10.2. The van der Waals surface area contributed by atoms with E-state index in [0.29, 0.717) is 12.1 Å². The number of carboxylic acid groups (broad SMARTS) is 1. The smallest absolute Gasteiger partial charge is 0.332 e. The second kappa shape index (κ2) is 5.11. The van der Waals surface area contributed by atoms with Crippen molar-refractivity contribution in [2.75, 3.05) is 0 Å². The summed E-state index contributed by atoms with van der Waals surface area (Å²) >= 11 is 0. The monoisotopic (exact) mass is 173 g/mol. The molecule has 0 saturated carbocycles. The number of hydrogen-bond donors (Lipinski definition) is 3. The van der Waals surface area contributed by atoms with Crippen molar-refractivity contribution in [3.63, 3.8) is 0 Å². The standard InChI is InChI=1S/C6H11N3O3/c1-4(2-3-5(10)11)8-9-6(7)12/h2-3H2,1H3,(H,10,11)(H3,7,9,12)/b8-4+. The molecule has 0 aliphatic rings. The number of nitrogens with one attached hydrogen (secondary N) is 1. The molecule has 0 bridgehead atoms. The van der Waals surface area contributed by atoms with E-state index in [4.69, 9.17) is 10.8 Å². The van der Waals surface area contributed by atoms with Crippen LogP contribution in [0.4, 0.5) is 4.79 Å². The zero-order chi connectivity index (χ0) is 9.56. The molecule has 12 heavy (non-hydrogen) atoms. The molecule has 4 N–H and O–H groups in total. The molecule has 0 rings (SSSR count). The van der Waals surface area contributed by atoms with Gasteiger partial charge >= 0.3 is 12.0 Å². The van der Waals surface area contributed by atoms with Crippen molar-refractivity contribution < 1.29 is 14.7 Å². The maximum atomic E-state index is 10.1. The van der Waals surface area contributed by atoms with Crippen LogP contribution in [0.5, 0.6) is 0 Å². The van der Waals surface area contributed by atoms with Crippen LogP contribution in [0.15, 0.2) is 5.10 Å². The minimum absolute atomic E-state index is 0.00419. The summed E-state index contributed by atoms with van der Waals surface area (Å²) < 4.78 is 0. The summed E-state index contributed by atoms with van der Waals surface area (Å²) in [6.07, 6.45) is 0.297. The molecule has 6 heteroatoms. The first-order chi connectivity index (χ1) is 5.52. The Bertz CT molecular complexity index is 212. The Hall–Kier alpha value is -1.59. The molecule has 0 aliphatic carbocycles. The highest BCUT2D eigenvalue weighted by molar-refractivity contribution is 5.86. The van der Waals surface area contributed by atoms with Crippen LogP contribution in [0.2, 0.25) is 0 Å². The van der Waals surface area contributed by atoms with Gasteiger partial charge in [0, 0.05) is 5.71 Å². The van der Waals surface area contributed by atoms with E-state index in [0.717, 1.165) is 0 Å². The predicted molar refractivity (Wildman–Crippen MR) is 42.7 cm³/mol. The van der Waals surface area contributed by atoms with Gasteiger partial charge in [-0.1, -0.05) is 0 Å². The first kappa shape index (κ1) is 10.4. The molecule has 6 nitrogen and oxygen atoms in total. The number of hydrazone groups is 1. The van der Waals surface area contributed by atoms with Crippen molar-refractivity contribution in [1.82, 2.24) is 5.43 Å². The zero-order valence-electron chi connectivity index (χ0n) is 6.70. The van der Waals surface area contributed by atoms with E-state index >= 15 is 0 Å². The summed E-state index contributed by atoms with van der Waals surface area (Å²) in [5.74, 6) is -0.899. The second-order valence-corrected chi connectivity index (χ2v) is 2.22. The molecule has 2 amide bonds. The average molecular weight is 173 g/mol. The molecular weight excluding hydrogens is 162 g/mol. The molecule has 0 radical (unpaired) electrons. The van der Waals surface area contributed by atoms with Crippen molar-refractivity contribution in [3.05, 3.63) is 0 Å². The Balaban J connectivity index is 3.70. The molecule has 0 saturated heterocycles. The lowest BCUT2D eigenvalue weighted by molar-refractivity contribution is -0.136. The number of primary amides is 1. The molecular formula is C6H11N3O3. The normalized spacial score (nSPS) is 10.9. The maximum Gasteiger partial charge on any atom is 0.332 e. The number of rotatable bonds is 4. The van der Waals surface area contributed by atoms with Crippen molar-refractivity contribution in [2.24, 2.45) is 10.8 Å². The van der Waals surface area contributed by atoms with Gasteiger partial charge in [-0.25, -0.2) is 10.2 Å². The highest BCUT2D eigenvalue weighted by atomic mass is 16.4. The van der Waals surface area contributed by atoms with Crippen LogP contribution in [-0.4, -0.2) is 22.8 Å². The Morgan fingerprint density at radius 1 is 1.50 bits per heavy atom. The molecule has 0 aromatic carbocycles. The third-order valence-corrected chi connectivity index (χ3v) is 1.06. The van der Waals surface area contributed by atoms with Crippen LogP contribution in [0, 0.1) is 0 Å². The minimum Gasteiger partial charge on any atom is -0.481 e. The Morgan fingerprint density at radius 3 is 2.50 bits per heavy atom. The lowest BCUT2D eigenvalue weighted by Gasteiger charge is -1.96. The summed E-state index contributed by atoms with van der Waals surface area (Å²) in [7, 11) is 0. The van der Waals surface area contributed by atoms with Gasteiger partial charge in [-0.05, 0) is 13.3 Å². The molecule has 0 atom stereocenters. The van der Waals surface area contributed by atoms with Crippen LogP contribution in [0.3, 0.4) is 0 Å². The first-order valence-electron chi connectivity index (χ1n) is 3.32. The van der Waals surface area contributed by atoms with Gasteiger partial charge in [0.15, 0.2) is 0 Å². The summed E-state index contributed by atoms with van der Waals surface area (Å²) in [6.45, 7) is 1.61. The number of carbonyl (C=O) groups excluding carboxylic acids is 1. The van der Waals surface area contributed by atoms with E-state index in [-0.39, 0.29) is 6.42 Å². The summed E-state index contributed by atoms with van der Waals surface area (Å²) in [5, 5.41) is 11.8. The van der Waals surface area contributed by atoms with Gasteiger partial charge < -0.3 is 10.8 Å². The number of nitrogens with zero attached hydrogens (tertiary/aromatic N) is 1. The molecule has 0 aromatic heterocycles. The van der Waals surface area contributed by atoms with Crippen LogP contribution in [-0.2, 0) is 4.79 Å². The van der Waals surface area contributed by atoms with Gasteiger partial charge in [-0.15, -0.1) is 0 Å². The Morgan fingerprint density at radius 2 is 2.08 bits per heavy atom. The van der Waals surface area contributed by atoms with E-state index < -0.39 is 12.0 Å². The van der Waals surface area contributed by atoms with Crippen molar-refractivity contribution >= 4 is 17.7 Å². The second-order valence-electron chi connectivity index (χ2n) is 2.22. The van der Waals surface area contributed by atoms with Crippen LogP contribution in [0.1, 0.15) is 19.8 Å². The molecule has 0 fully saturated rings. The van der Waals surface area contributed by atoms with E-state index in [1.54, 1.807) is 6.92 Å². The fourth-order valence-corrected chi connectivity index (χ4v) is 0.494. The van der Waals surface area contributed by atoms with Crippen LogP contribution >= 0.6 is 0 Å². The summed E-state index contributed by atoms with van der Waals surface area (Å²) in [6, 6.07) is -0.760. The van der Waals surface area contributed by atoms with Crippen molar-refractivity contribution in [3.8, 4) is 0 Å². The SMILES string of the molecule is C/C(CCC(=O)O)=N\NC(N)=O. The zero-order valence-corrected chi connectivity index (χ0v) is 6.70. The van der Waals surface area contributed by atoms with Crippen molar-refractivity contribution in [2.45, 2.75) is 19.8 Å². The van der Waals surface area contributed by atoms with E-state index in [1.807, 2.05) is 5.43 Å². The molecule has 0 spiro atoms. The van der Waals surface area contributed by atoms with Gasteiger partial charge in [0.25, 0.3) is 0 Å². The molecule has 0 aromatic rings. The van der Waals surface area contributed by atoms with Gasteiger partial charge in [-0.3, -0.25) is 4.79 Å². The van der Waals surface area contributed by atoms with E-state index in [2.05, 4.69) is 5.10 Å². The van der Waals surface area contributed by atoms with Crippen molar-refractivity contribution in [1.29, 1.82) is 0 Å². The number of carboxylic acids is 1. The number of carbonyl (C=O) groups is 2. The van der Waals surface area contributed by atoms with E-state index in [1.165, 1.54) is 0 Å². The number of aliphatic carboxylic acids is 1. The Labute approximate surface area is 69.4 Å². The highest BCUT2D eigenvalue weighted by Gasteiger charge is 1.98. The molecule has 0 heterocycles. The topological polar surface area (TPSA) is 105 Å². The van der Waals surface area contributed by atoms with Gasteiger partial charge in [0.2, 0.25) is 0 Å². The van der Waals surface area contributed by atoms with Crippen LogP contribution < -0.4 is 11.2 Å². The Kier molecular flexibility index (Phi) is 4.43. The molecule has 0 unspecified atom stereocenters. The lowest BCUT2D eigenvalue weighted by Crippen LogP contribution is -2.25. The van der Waals surface area contributed by atoms with E-state index in [9.17, 15) is 9.59 Å². The van der Waals surface area contributed by atoms with Gasteiger partial charge in [0.05, 0.1) is 6.42 Å². The molecule has 68 valence electrons. The first-order valence-corrected chi connectivity index (χ1v) is 3.32. The van der Waals surface area contributed by atoms with Gasteiger partial charge in [0.1, 0.15) is 0 Å². The fraction of sp³-hybridized carbons (Fsp3) is 0.500. The quantitative estimate of drug-likeness (QED) is 0.408. The number of hydrogen-bond acceptors (Lipinski definition) is 3. The largest absolute Gasteiger partial charge is 0.481 e. The fourth-order valence-electron chi connectivity index (χ4n) is 0.494.